The third-order valence-corrected chi connectivity index (χ3v) is 4.42. The molecule has 1 aromatic carbocycles. The Balaban J connectivity index is 0.00000192. The summed E-state index contributed by atoms with van der Waals surface area (Å²) in [5.74, 6) is 0.301. The number of amides is 1. The standard InChI is InChI=1S/C15H18BrN5O.ClH/c1-9-14(15(22)18-13(8-17)10-5-6-10)19-20-21(9)12-4-2-3-11(16)7-12;/h2-4,7,10,13H,5-6,8,17H2,1H3,(H,18,22);1H. The quantitative estimate of drug-likeness (QED) is 0.806. The first kappa shape index (κ1) is 17.9. The average molecular weight is 401 g/mol. The van der Waals surface area contributed by atoms with E-state index in [1.165, 1.54) is 0 Å². The van der Waals surface area contributed by atoms with Crippen molar-refractivity contribution in [1.29, 1.82) is 0 Å². The number of carbonyl (C=O) groups is 1. The van der Waals surface area contributed by atoms with Crippen LogP contribution in [0.4, 0.5) is 0 Å². The Morgan fingerprint density at radius 2 is 2.26 bits per heavy atom. The highest BCUT2D eigenvalue weighted by molar-refractivity contribution is 9.10. The molecule has 1 unspecified atom stereocenters. The number of nitrogens with one attached hydrogen (secondary N) is 1. The van der Waals surface area contributed by atoms with Crippen molar-refractivity contribution in [1.82, 2.24) is 20.3 Å². The minimum atomic E-state index is -0.207. The molecule has 1 amide bonds. The summed E-state index contributed by atoms with van der Waals surface area (Å²) < 4.78 is 2.61. The van der Waals surface area contributed by atoms with Crippen LogP contribution < -0.4 is 11.1 Å². The molecule has 124 valence electrons. The lowest BCUT2D eigenvalue weighted by Crippen LogP contribution is -2.42. The third kappa shape index (κ3) is 3.91. The first-order valence-electron chi connectivity index (χ1n) is 7.29. The smallest absolute Gasteiger partial charge is 0.274 e. The van der Waals surface area contributed by atoms with Crippen molar-refractivity contribution in [2.45, 2.75) is 25.8 Å². The Kier molecular flexibility index (Phi) is 5.78. The molecule has 6 nitrogen and oxygen atoms in total. The number of carbonyl (C=O) groups excluding carboxylic acids is 1. The van der Waals surface area contributed by atoms with Gasteiger partial charge in [0.15, 0.2) is 5.69 Å². The second-order valence-electron chi connectivity index (χ2n) is 5.57. The number of hydrogen-bond acceptors (Lipinski definition) is 4. The van der Waals surface area contributed by atoms with Gasteiger partial charge < -0.3 is 11.1 Å². The summed E-state index contributed by atoms with van der Waals surface area (Å²) in [6.07, 6.45) is 2.26. The van der Waals surface area contributed by atoms with Gasteiger partial charge in [-0.1, -0.05) is 27.2 Å². The molecule has 0 radical (unpaired) electrons. The van der Waals surface area contributed by atoms with E-state index in [1.54, 1.807) is 4.68 Å². The molecule has 1 saturated carbocycles. The van der Waals surface area contributed by atoms with Gasteiger partial charge in [0, 0.05) is 17.1 Å². The molecule has 3 rings (SSSR count). The first-order valence-corrected chi connectivity index (χ1v) is 8.08. The Hall–Kier alpha value is -1.44. The number of halogens is 2. The minimum Gasteiger partial charge on any atom is -0.346 e. The summed E-state index contributed by atoms with van der Waals surface area (Å²) in [6, 6.07) is 7.72. The Morgan fingerprint density at radius 1 is 1.52 bits per heavy atom. The van der Waals surface area contributed by atoms with E-state index in [0.717, 1.165) is 23.0 Å². The zero-order chi connectivity index (χ0) is 15.7. The normalized spacial score (nSPS) is 14.9. The van der Waals surface area contributed by atoms with Crippen LogP contribution in [0.25, 0.3) is 5.69 Å². The Morgan fingerprint density at radius 3 is 2.87 bits per heavy atom. The summed E-state index contributed by atoms with van der Waals surface area (Å²) in [5.41, 5.74) is 7.64. The lowest BCUT2D eigenvalue weighted by molar-refractivity contribution is 0.0927. The van der Waals surface area contributed by atoms with Crippen LogP contribution >= 0.6 is 28.3 Å². The van der Waals surface area contributed by atoms with Gasteiger partial charge >= 0.3 is 0 Å². The molecule has 23 heavy (non-hydrogen) atoms. The maximum atomic E-state index is 12.4. The zero-order valence-electron chi connectivity index (χ0n) is 12.7. The monoisotopic (exact) mass is 399 g/mol. The molecule has 1 aliphatic rings. The van der Waals surface area contributed by atoms with Gasteiger partial charge in [-0.25, -0.2) is 4.68 Å². The van der Waals surface area contributed by atoms with Gasteiger partial charge in [-0.05, 0) is 43.9 Å². The second kappa shape index (κ2) is 7.42. The highest BCUT2D eigenvalue weighted by Gasteiger charge is 2.32. The molecule has 1 atom stereocenters. The van der Waals surface area contributed by atoms with E-state index in [1.807, 2.05) is 31.2 Å². The molecule has 8 heteroatoms. The molecule has 1 fully saturated rings. The summed E-state index contributed by atoms with van der Waals surface area (Å²) >= 11 is 3.43. The SMILES string of the molecule is Cc1c(C(=O)NC(CN)C2CC2)nnn1-c1cccc(Br)c1.Cl. The Bertz CT molecular complexity index is 701. The summed E-state index contributed by atoms with van der Waals surface area (Å²) in [4.78, 5) is 12.4. The van der Waals surface area contributed by atoms with Crippen molar-refractivity contribution in [2.75, 3.05) is 6.54 Å². The number of aromatic nitrogens is 3. The van der Waals surface area contributed by atoms with Gasteiger partial charge in [0.05, 0.1) is 11.4 Å². The number of hydrogen-bond donors (Lipinski definition) is 2. The molecule has 1 aliphatic carbocycles. The molecular formula is C15H19BrClN5O. The van der Waals surface area contributed by atoms with Gasteiger partial charge in [-0.15, -0.1) is 17.5 Å². The number of nitrogens with zero attached hydrogens (tertiary/aromatic N) is 3. The zero-order valence-corrected chi connectivity index (χ0v) is 15.1. The van der Waals surface area contributed by atoms with Crippen LogP contribution in [0.3, 0.4) is 0 Å². The topological polar surface area (TPSA) is 85.8 Å². The molecule has 0 saturated heterocycles. The molecule has 2 aromatic rings. The summed E-state index contributed by atoms with van der Waals surface area (Å²) in [6.45, 7) is 2.29. The molecule has 0 aliphatic heterocycles. The van der Waals surface area contributed by atoms with Gasteiger partial charge in [-0.3, -0.25) is 4.79 Å². The van der Waals surface area contributed by atoms with E-state index in [9.17, 15) is 4.79 Å². The van der Waals surface area contributed by atoms with Crippen LogP contribution in [0.5, 0.6) is 0 Å². The van der Waals surface area contributed by atoms with Crippen LogP contribution in [-0.2, 0) is 0 Å². The maximum absolute atomic E-state index is 12.4. The fourth-order valence-corrected chi connectivity index (χ4v) is 2.88. The minimum absolute atomic E-state index is 0. The number of benzene rings is 1. The molecule has 0 spiro atoms. The van der Waals surface area contributed by atoms with Crippen molar-refractivity contribution in [3.8, 4) is 5.69 Å². The van der Waals surface area contributed by atoms with Crippen LogP contribution in [0.2, 0.25) is 0 Å². The first-order chi connectivity index (χ1) is 10.6. The second-order valence-corrected chi connectivity index (χ2v) is 6.48. The highest BCUT2D eigenvalue weighted by atomic mass is 79.9. The van der Waals surface area contributed by atoms with E-state index < -0.39 is 0 Å². The van der Waals surface area contributed by atoms with E-state index in [-0.39, 0.29) is 24.4 Å². The summed E-state index contributed by atoms with van der Waals surface area (Å²) in [5, 5.41) is 11.1. The van der Waals surface area contributed by atoms with Crippen molar-refractivity contribution in [3.05, 3.63) is 40.1 Å². The predicted molar refractivity (Wildman–Crippen MR) is 94.1 cm³/mol. The van der Waals surface area contributed by atoms with Crippen molar-refractivity contribution < 1.29 is 4.79 Å². The molecule has 1 heterocycles. The van der Waals surface area contributed by atoms with Crippen molar-refractivity contribution in [3.63, 3.8) is 0 Å². The molecular weight excluding hydrogens is 382 g/mol. The van der Waals surface area contributed by atoms with Gasteiger partial charge in [0.1, 0.15) is 0 Å². The number of rotatable bonds is 5. The fourth-order valence-electron chi connectivity index (χ4n) is 2.50. The maximum Gasteiger partial charge on any atom is 0.274 e. The van der Waals surface area contributed by atoms with Crippen LogP contribution in [0.15, 0.2) is 28.7 Å². The Labute approximate surface area is 149 Å². The molecule has 3 N–H and O–H groups in total. The summed E-state index contributed by atoms with van der Waals surface area (Å²) in [7, 11) is 0. The van der Waals surface area contributed by atoms with Gasteiger partial charge in [-0.2, -0.15) is 0 Å². The van der Waals surface area contributed by atoms with Crippen molar-refractivity contribution in [2.24, 2.45) is 11.7 Å². The van der Waals surface area contributed by atoms with E-state index in [0.29, 0.717) is 23.9 Å². The van der Waals surface area contributed by atoms with E-state index in [2.05, 4.69) is 31.6 Å². The van der Waals surface area contributed by atoms with E-state index >= 15 is 0 Å². The highest BCUT2D eigenvalue weighted by Crippen LogP contribution is 2.32. The van der Waals surface area contributed by atoms with E-state index in [4.69, 9.17) is 5.73 Å². The van der Waals surface area contributed by atoms with Crippen LogP contribution in [-0.4, -0.2) is 33.5 Å². The number of nitrogens with two attached hydrogens (primary N) is 1. The van der Waals surface area contributed by atoms with Crippen LogP contribution in [0.1, 0.15) is 29.0 Å². The van der Waals surface area contributed by atoms with Crippen LogP contribution in [0, 0.1) is 12.8 Å². The molecule has 0 bridgehead atoms. The molecule has 1 aromatic heterocycles. The van der Waals surface area contributed by atoms with Crippen molar-refractivity contribution >= 4 is 34.2 Å². The largest absolute Gasteiger partial charge is 0.346 e. The van der Waals surface area contributed by atoms with Gasteiger partial charge in [0.2, 0.25) is 0 Å². The lowest BCUT2D eigenvalue weighted by atomic mass is 10.2. The van der Waals surface area contributed by atoms with Gasteiger partial charge in [0.25, 0.3) is 5.91 Å². The lowest BCUT2D eigenvalue weighted by Gasteiger charge is -2.15. The fraction of sp³-hybridized carbons (Fsp3) is 0.400. The average Bonchev–Trinajstić information content (AvgIpc) is 3.27. The third-order valence-electron chi connectivity index (χ3n) is 3.92. The predicted octanol–water partition coefficient (Wildman–Crippen LogP) is 2.23.